The van der Waals surface area contributed by atoms with Crippen LogP contribution in [0.1, 0.15) is 17.0 Å². The molecule has 2 amide bonds. The largest absolute Gasteiger partial charge is 0.370 e. The summed E-state index contributed by atoms with van der Waals surface area (Å²) >= 11 is 0. The summed E-state index contributed by atoms with van der Waals surface area (Å²) in [7, 11) is 0. The summed E-state index contributed by atoms with van der Waals surface area (Å²) in [6.45, 7) is 1.94. The number of nitrogens with one attached hydrogen (secondary N) is 2. The van der Waals surface area contributed by atoms with Crippen molar-refractivity contribution in [3.63, 3.8) is 0 Å². The molecule has 1 atom stereocenters. The van der Waals surface area contributed by atoms with Crippen LogP contribution in [0.4, 0.5) is 0 Å². The third-order valence-electron chi connectivity index (χ3n) is 3.20. The van der Waals surface area contributed by atoms with Crippen LogP contribution in [-0.4, -0.2) is 38.1 Å². The molecule has 6 nitrogen and oxygen atoms in total. The van der Waals surface area contributed by atoms with Gasteiger partial charge in [0.2, 0.25) is 11.8 Å². The predicted octanol–water partition coefficient (Wildman–Crippen LogP) is -0.508. The lowest BCUT2D eigenvalue weighted by Crippen LogP contribution is -2.40. The summed E-state index contributed by atoms with van der Waals surface area (Å²) in [6.07, 6.45) is 0. The number of hydrogen-bond donors (Lipinski definition) is 3. The van der Waals surface area contributed by atoms with Crippen molar-refractivity contribution in [1.82, 2.24) is 10.6 Å². The minimum Gasteiger partial charge on any atom is -0.370 e. The van der Waals surface area contributed by atoms with Crippen molar-refractivity contribution in [2.24, 2.45) is 5.73 Å². The number of hydrogen-bond acceptors (Lipinski definition) is 4. The zero-order valence-electron chi connectivity index (χ0n) is 11.2. The highest BCUT2D eigenvalue weighted by molar-refractivity contribution is 5.84. The zero-order valence-corrected chi connectivity index (χ0v) is 11.2. The summed E-state index contributed by atoms with van der Waals surface area (Å²) in [4.78, 5) is 22.6. The fraction of sp³-hybridized carbons (Fsp3) is 0.429. The number of carbonyl (C=O) groups is 2. The van der Waals surface area contributed by atoms with Gasteiger partial charge < -0.3 is 21.1 Å². The first-order chi connectivity index (χ1) is 9.68. The molecule has 0 fully saturated rings. The Hall–Kier alpha value is -1.92. The highest BCUT2D eigenvalue weighted by Crippen LogP contribution is 2.23. The number of carbonyl (C=O) groups excluding carboxylic acids is 2. The van der Waals surface area contributed by atoms with Crippen molar-refractivity contribution in [1.29, 1.82) is 0 Å². The maximum atomic E-state index is 12.2. The third-order valence-corrected chi connectivity index (χ3v) is 3.20. The molecule has 6 heteroatoms. The molecule has 0 aliphatic carbocycles. The number of fused-ring (bicyclic) bond motifs is 1. The number of ether oxygens (including phenoxy) is 1. The maximum absolute atomic E-state index is 12.2. The Labute approximate surface area is 117 Å². The van der Waals surface area contributed by atoms with E-state index in [2.05, 4.69) is 10.6 Å². The highest BCUT2D eigenvalue weighted by Gasteiger charge is 2.25. The summed E-state index contributed by atoms with van der Waals surface area (Å²) in [5, 5.41) is 6.05. The van der Waals surface area contributed by atoms with Crippen molar-refractivity contribution in [3.05, 3.63) is 35.4 Å². The standard InChI is InChI=1S/C14H19N3O3/c15-13(18)9-20-6-5-17-14(19)12-8-16-7-10-3-1-2-4-11(10)12/h1-4,12,16H,5-9H2,(H2,15,18)(H,17,19). The van der Waals surface area contributed by atoms with Crippen molar-refractivity contribution in [2.45, 2.75) is 12.5 Å². The first-order valence-corrected chi connectivity index (χ1v) is 6.60. The van der Waals surface area contributed by atoms with Crippen LogP contribution in [-0.2, 0) is 20.9 Å². The Bertz CT molecular complexity index is 490. The van der Waals surface area contributed by atoms with Crippen molar-refractivity contribution < 1.29 is 14.3 Å². The number of primary amides is 1. The SMILES string of the molecule is NC(=O)COCCNC(=O)C1CNCc2ccccc21. The van der Waals surface area contributed by atoms with Crippen LogP contribution in [0.3, 0.4) is 0 Å². The average Bonchev–Trinajstić information content (AvgIpc) is 2.45. The van der Waals surface area contributed by atoms with Gasteiger partial charge in [0.05, 0.1) is 12.5 Å². The molecule has 1 aromatic carbocycles. The predicted molar refractivity (Wildman–Crippen MR) is 73.9 cm³/mol. The molecule has 20 heavy (non-hydrogen) atoms. The molecule has 1 aromatic rings. The van der Waals surface area contributed by atoms with Gasteiger partial charge in [-0.1, -0.05) is 24.3 Å². The zero-order chi connectivity index (χ0) is 14.4. The van der Waals surface area contributed by atoms with E-state index in [-0.39, 0.29) is 25.0 Å². The molecule has 1 aliphatic heterocycles. The summed E-state index contributed by atoms with van der Waals surface area (Å²) in [6, 6.07) is 7.93. The second-order valence-electron chi connectivity index (χ2n) is 4.69. The molecule has 1 aliphatic rings. The molecular weight excluding hydrogens is 258 g/mol. The minimum atomic E-state index is -0.512. The minimum absolute atomic E-state index is 0.0349. The van der Waals surface area contributed by atoms with Gasteiger partial charge in [-0.05, 0) is 11.1 Å². The van der Waals surface area contributed by atoms with E-state index in [0.29, 0.717) is 13.1 Å². The molecule has 0 saturated heterocycles. The van der Waals surface area contributed by atoms with E-state index in [4.69, 9.17) is 10.5 Å². The number of nitrogens with two attached hydrogens (primary N) is 1. The van der Waals surface area contributed by atoms with Crippen LogP contribution in [0.2, 0.25) is 0 Å². The highest BCUT2D eigenvalue weighted by atomic mass is 16.5. The van der Waals surface area contributed by atoms with Gasteiger partial charge in [0.1, 0.15) is 6.61 Å². The molecule has 0 aromatic heterocycles. The van der Waals surface area contributed by atoms with Crippen LogP contribution in [0.5, 0.6) is 0 Å². The van der Waals surface area contributed by atoms with Gasteiger partial charge in [-0.25, -0.2) is 0 Å². The summed E-state index contributed by atoms with van der Waals surface area (Å²) in [5.74, 6) is -0.731. The van der Waals surface area contributed by atoms with Gasteiger partial charge in [0, 0.05) is 19.6 Å². The lowest BCUT2D eigenvalue weighted by atomic mass is 9.90. The molecule has 0 spiro atoms. The van der Waals surface area contributed by atoms with E-state index >= 15 is 0 Å². The molecule has 4 N–H and O–H groups in total. The quantitative estimate of drug-likeness (QED) is 0.611. The third kappa shape index (κ3) is 3.79. The van der Waals surface area contributed by atoms with E-state index in [9.17, 15) is 9.59 Å². The van der Waals surface area contributed by atoms with Gasteiger partial charge in [-0.2, -0.15) is 0 Å². The second kappa shape index (κ2) is 7.02. The topological polar surface area (TPSA) is 93.5 Å². The van der Waals surface area contributed by atoms with E-state index < -0.39 is 5.91 Å². The molecule has 2 rings (SSSR count). The lowest BCUT2D eigenvalue weighted by molar-refractivity contribution is -0.123. The van der Waals surface area contributed by atoms with E-state index in [1.165, 1.54) is 0 Å². The fourth-order valence-corrected chi connectivity index (χ4v) is 2.27. The molecule has 0 radical (unpaired) electrons. The smallest absolute Gasteiger partial charge is 0.243 e. The Balaban J connectivity index is 1.83. The van der Waals surface area contributed by atoms with Gasteiger partial charge in [0.25, 0.3) is 0 Å². The molecule has 0 bridgehead atoms. The van der Waals surface area contributed by atoms with E-state index in [0.717, 1.165) is 17.7 Å². The Morgan fingerprint density at radius 3 is 3.00 bits per heavy atom. The van der Waals surface area contributed by atoms with Gasteiger partial charge in [0.15, 0.2) is 0 Å². The van der Waals surface area contributed by atoms with Crippen molar-refractivity contribution >= 4 is 11.8 Å². The fourth-order valence-electron chi connectivity index (χ4n) is 2.27. The monoisotopic (exact) mass is 277 g/mol. The van der Waals surface area contributed by atoms with E-state index in [1.807, 2.05) is 24.3 Å². The Kier molecular flexibility index (Phi) is 5.09. The average molecular weight is 277 g/mol. The Morgan fingerprint density at radius 1 is 1.40 bits per heavy atom. The number of rotatable bonds is 6. The van der Waals surface area contributed by atoms with E-state index in [1.54, 1.807) is 0 Å². The summed E-state index contributed by atoms with van der Waals surface area (Å²) < 4.78 is 5.00. The van der Waals surface area contributed by atoms with Crippen LogP contribution in [0.25, 0.3) is 0 Å². The normalized spacial score (nSPS) is 17.3. The number of amides is 2. The first-order valence-electron chi connectivity index (χ1n) is 6.60. The van der Waals surface area contributed by atoms with Gasteiger partial charge in [-0.15, -0.1) is 0 Å². The van der Waals surface area contributed by atoms with Crippen molar-refractivity contribution in [2.75, 3.05) is 26.3 Å². The van der Waals surface area contributed by atoms with Crippen LogP contribution in [0, 0.1) is 0 Å². The van der Waals surface area contributed by atoms with Crippen molar-refractivity contribution in [3.8, 4) is 0 Å². The number of benzene rings is 1. The Morgan fingerprint density at radius 2 is 2.20 bits per heavy atom. The van der Waals surface area contributed by atoms with Gasteiger partial charge in [-0.3, -0.25) is 9.59 Å². The first kappa shape index (κ1) is 14.5. The van der Waals surface area contributed by atoms with Crippen LogP contribution in [0.15, 0.2) is 24.3 Å². The second-order valence-corrected chi connectivity index (χ2v) is 4.69. The summed E-state index contributed by atoms with van der Waals surface area (Å²) in [5.41, 5.74) is 7.17. The molecule has 1 unspecified atom stereocenters. The van der Waals surface area contributed by atoms with Gasteiger partial charge >= 0.3 is 0 Å². The molecule has 0 saturated carbocycles. The molecule has 1 heterocycles. The lowest BCUT2D eigenvalue weighted by Gasteiger charge is -2.25. The van der Waals surface area contributed by atoms with Crippen LogP contribution >= 0.6 is 0 Å². The maximum Gasteiger partial charge on any atom is 0.243 e. The van der Waals surface area contributed by atoms with Crippen LogP contribution < -0.4 is 16.4 Å². The molecular formula is C14H19N3O3. The molecule has 108 valence electrons.